The molecule has 0 amide bonds. The Hall–Kier alpha value is -1.27. The largest absolute Gasteiger partial charge is 0.389 e. The lowest BCUT2D eigenvalue weighted by atomic mass is 10.1. The molecule has 0 radical (unpaired) electrons. The average molecular weight is 286 g/mol. The van der Waals surface area contributed by atoms with Gasteiger partial charge in [0.1, 0.15) is 22.3 Å². The second-order valence-electron chi connectivity index (χ2n) is 4.71. The van der Waals surface area contributed by atoms with Gasteiger partial charge in [-0.2, -0.15) is 0 Å². The Balaban J connectivity index is 2.24. The maximum absolute atomic E-state index is 14.0. The third kappa shape index (κ3) is 3.01. The maximum atomic E-state index is 14.0. The van der Waals surface area contributed by atoms with Gasteiger partial charge in [-0.15, -0.1) is 0 Å². The Morgan fingerprint density at radius 3 is 2.63 bits per heavy atom. The number of ether oxygens (including phenoxy) is 1. The average Bonchev–Trinajstić information content (AvgIpc) is 2.77. The van der Waals surface area contributed by atoms with Crippen LogP contribution >= 0.6 is 12.2 Å². The second-order valence-corrected chi connectivity index (χ2v) is 5.15. The summed E-state index contributed by atoms with van der Waals surface area (Å²) < 4.78 is 33.1. The zero-order valence-corrected chi connectivity index (χ0v) is 11.5. The SMILES string of the molecule is COCC1CCN(c2c(F)cc(C(N)=S)cc2F)C1. The van der Waals surface area contributed by atoms with Crippen molar-refractivity contribution in [2.24, 2.45) is 11.7 Å². The lowest BCUT2D eigenvalue weighted by Crippen LogP contribution is -2.24. The van der Waals surface area contributed by atoms with Crippen LogP contribution in [0.25, 0.3) is 0 Å². The molecule has 6 heteroatoms. The first-order valence-corrected chi connectivity index (χ1v) is 6.46. The molecule has 3 nitrogen and oxygen atoms in total. The van der Waals surface area contributed by atoms with Crippen LogP contribution in [0.4, 0.5) is 14.5 Å². The lowest BCUT2D eigenvalue weighted by molar-refractivity contribution is 0.161. The molecule has 2 N–H and O–H groups in total. The molecule has 104 valence electrons. The molecule has 0 aromatic heterocycles. The first kappa shape index (κ1) is 14.1. The number of hydrogen-bond donors (Lipinski definition) is 1. The van der Waals surface area contributed by atoms with E-state index in [1.54, 1.807) is 12.0 Å². The summed E-state index contributed by atoms with van der Waals surface area (Å²) in [5, 5.41) is 0. The van der Waals surface area contributed by atoms with Crippen LogP contribution in [0.3, 0.4) is 0 Å². The minimum Gasteiger partial charge on any atom is -0.389 e. The summed E-state index contributed by atoms with van der Waals surface area (Å²) in [6.45, 7) is 1.81. The Morgan fingerprint density at radius 1 is 1.47 bits per heavy atom. The number of benzene rings is 1. The number of halogens is 2. The third-order valence-corrected chi connectivity index (χ3v) is 3.54. The van der Waals surface area contributed by atoms with Crippen molar-refractivity contribution >= 4 is 22.9 Å². The molecule has 1 saturated heterocycles. The molecule has 0 aliphatic carbocycles. The zero-order chi connectivity index (χ0) is 14.0. The second kappa shape index (κ2) is 5.79. The molecule has 1 heterocycles. The van der Waals surface area contributed by atoms with Crippen LogP contribution in [-0.4, -0.2) is 31.8 Å². The highest BCUT2D eigenvalue weighted by atomic mass is 32.1. The van der Waals surface area contributed by atoms with Crippen molar-refractivity contribution in [1.82, 2.24) is 0 Å². The normalized spacial score (nSPS) is 18.9. The Kier molecular flexibility index (Phi) is 4.31. The fourth-order valence-corrected chi connectivity index (χ4v) is 2.54. The van der Waals surface area contributed by atoms with Crippen LogP contribution in [-0.2, 0) is 4.74 Å². The highest BCUT2D eigenvalue weighted by molar-refractivity contribution is 7.80. The summed E-state index contributed by atoms with van der Waals surface area (Å²) in [6.07, 6.45) is 0.865. The van der Waals surface area contributed by atoms with E-state index in [4.69, 9.17) is 22.7 Å². The quantitative estimate of drug-likeness (QED) is 0.860. The van der Waals surface area contributed by atoms with E-state index in [1.165, 1.54) is 12.1 Å². The molecule has 1 atom stereocenters. The molecule has 19 heavy (non-hydrogen) atoms. The van der Waals surface area contributed by atoms with Gasteiger partial charge in [0, 0.05) is 31.7 Å². The van der Waals surface area contributed by atoms with Crippen molar-refractivity contribution in [3.63, 3.8) is 0 Å². The monoisotopic (exact) mass is 286 g/mol. The van der Waals surface area contributed by atoms with Crippen LogP contribution in [0.1, 0.15) is 12.0 Å². The summed E-state index contributed by atoms with van der Waals surface area (Å²) >= 11 is 4.73. The topological polar surface area (TPSA) is 38.5 Å². The number of nitrogens with zero attached hydrogens (tertiary/aromatic N) is 1. The van der Waals surface area contributed by atoms with Gasteiger partial charge in [0.25, 0.3) is 0 Å². The Bertz CT molecular complexity index is 473. The summed E-state index contributed by atoms with van der Waals surface area (Å²) in [4.78, 5) is 1.69. The van der Waals surface area contributed by atoms with Crippen molar-refractivity contribution in [2.75, 3.05) is 31.7 Å². The smallest absolute Gasteiger partial charge is 0.150 e. The van der Waals surface area contributed by atoms with E-state index in [0.717, 1.165) is 6.42 Å². The predicted octanol–water partition coefficient (Wildman–Crippen LogP) is 2.07. The molecule has 2 rings (SSSR count). The molecule has 1 unspecified atom stereocenters. The van der Waals surface area contributed by atoms with Crippen LogP contribution < -0.4 is 10.6 Å². The molecular formula is C13H16F2N2OS. The van der Waals surface area contributed by atoms with E-state index < -0.39 is 11.6 Å². The van der Waals surface area contributed by atoms with Gasteiger partial charge < -0.3 is 15.4 Å². The van der Waals surface area contributed by atoms with Crippen molar-refractivity contribution in [1.29, 1.82) is 0 Å². The number of nitrogens with two attached hydrogens (primary N) is 1. The van der Waals surface area contributed by atoms with E-state index in [2.05, 4.69) is 0 Å². The van der Waals surface area contributed by atoms with E-state index in [0.29, 0.717) is 25.6 Å². The number of anilines is 1. The summed E-state index contributed by atoms with van der Waals surface area (Å²) in [5.41, 5.74) is 5.59. The van der Waals surface area contributed by atoms with Gasteiger partial charge in [-0.05, 0) is 18.6 Å². The number of thiocarbonyl (C=S) groups is 1. The van der Waals surface area contributed by atoms with Gasteiger partial charge in [-0.25, -0.2) is 8.78 Å². The summed E-state index contributed by atoms with van der Waals surface area (Å²) in [6, 6.07) is 2.37. The first-order valence-electron chi connectivity index (χ1n) is 6.05. The first-order chi connectivity index (χ1) is 9.02. The van der Waals surface area contributed by atoms with E-state index in [1.807, 2.05) is 0 Å². The molecule has 1 aliphatic rings. The molecule has 1 fully saturated rings. The van der Waals surface area contributed by atoms with Crippen LogP contribution in [0.15, 0.2) is 12.1 Å². The number of rotatable bonds is 4. The van der Waals surface area contributed by atoms with Gasteiger partial charge in [-0.3, -0.25) is 0 Å². The highest BCUT2D eigenvalue weighted by Crippen LogP contribution is 2.30. The van der Waals surface area contributed by atoms with Crippen molar-refractivity contribution in [2.45, 2.75) is 6.42 Å². The predicted molar refractivity (Wildman–Crippen MR) is 74.4 cm³/mol. The Morgan fingerprint density at radius 2 is 2.11 bits per heavy atom. The number of hydrogen-bond acceptors (Lipinski definition) is 3. The van der Waals surface area contributed by atoms with E-state index in [-0.39, 0.29) is 16.2 Å². The molecule has 1 aliphatic heterocycles. The summed E-state index contributed by atoms with van der Waals surface area (Å²) in [5.74, 6) is -0.944. The Labute approximate surface area is 116 Å². The molecule has 1 aromatic carbocycles. The standard InChI is InChI=1S/C13H16F2N2OS/c1-18-7-8-2-3-17(6-8)12-10(14)4-9(13(16)19)5-11(12)15/h4-5,8H,2-3,6-7H2,1H3,(H2,16,19). The molecule has 0 saturated carbocycles. The van der Waals surface area contributed by atoms with Gasteiger partial charge in [0.05, 0.1) is 6.61 Å². The van der Waals surface area contributed by atoms with Crippen LogP contribution in [0.2, 0.25) is 0 Å². The van der Waals surface area contributed by atoms with Crippen molar-refractivity contribution in [3.8, 4) is 0 Å². The van der Waals surface area contributed by atoms with Gasteiger partial charge in [0.15, 0.2) is 0 Å². The molecule has 0 bridgehead atoms. The minimum absolute atomic E-state index is 0.00129. The highest BCUT2D eigenvalue weighted by Gasteiger charge is 2.27. The van der Waals surface area contributed by atoms with Crippen molar-refractivity contribution < 1.29 is 13.5 Å². The van der Waals surface area contributed by atoms with Gasteiger partial charge in [0.2, 0.25) is 0 Å². The van der Waals surface area contributed by atoms with Crippen LogP contribution in [0, 0.1) is 17.6 Å². The lowest BCUT2D eigenvalue weighted by Gasteiger charge is -2.20. The fourth-order valence-electron chi connectivity index (χ4n) is 2.42. The fraction of sp³-hybridized carbons (Fsp3) is 0.462. The minimum atomic E-state index is -0.624. The third-order valence-electron chi connectivity index (χ3n) is 3.31. The summed E-state index contributed by atoms with van der Waals surface area (Å²) in [7, 11) is 1.63. The van der Waals surface area contributed by atoms with E-state index in [9.17, 15) is 8.78 Å². The number of methoxy groups -OCH3 is 1. The van der Waals surface area contributed by atoms with Crippen LogP contribution in [0.5, 0.6) is 0 Å². The van der Waals surface area contributed by atoms with Crippen molar-refractivity contribution in [3.05, 3.63) is 29.3 Å². The molecular weight excluding hydrogens is 270 g/mol. The van der Waals surface area contributed by atoms with Gasteiger partial charge >= 0.3 is 0 Å². The van der Waals surface area contributed by atoms with E-state index >= 15 is 0 Å². The zero-order valence-electron chi connectivity index (χ0n) is 10.7. The maximum Gasteiger partial charge on any atom is 0.150 e. The molecule has 0 spiro atoms. The molecule has 1 aromatic rings. The van der Waals surface area contributed by atoms with Gasteiger partial charge in [-0.1, -0.05) is 12.2 Å².